The molecule has 0 aliphatic heterocycles. The van der Waals surface area contributed by atoms with E-state index in [1.807, 2.05) is 0 Å². The van der Waals surface area contributed by atoms with Gasteiger partial charge in [0.1, 0.15) is 0 Å². The van der Waals surface area contributed by atoms with Crippen LogP contribution in [0, 0.1) is 46.3 Å². The molecule has 1 N–H and O–H groups in total. The molecule has 4 nitrogen and oxygen atoms in total. The Kier molecular flexibility index (Phi) is 1.00. The van der Waals surface area contributed by atoms with Crippen LogP contribution in [0.15, 0.2) is 0 Å². The minimum atomic E-state index is -0.101. The molecule has 0 aromatic rings. The molecule has 0 aromatic heterocycles. The highest BCUT2D eigenvalue weighted by molar-refractivity contribution is 5.98. The Morgan fingerprint density at radius 3 is 1.94 bits per heavy atom. The van der Waals surface area contributed by atoms with Crippen molar-refractivity contribution in [1.29, 1.82) is 0 Å². The Labute approximate surface area is 104 Å². The molecule has 94 valence electrons. The fourth-order valence-corrected chi connectivity index (χ4v) is 7.10. The standard InChI is InChI=1S/C14H15NO3/c1-18-12(17)14-8-5-9(14)7-10(14)6(8)13(5,7)11(16)15-4-2-3-4/h4-10H,2-3H2,1H3,(H,15,16). The van der Waals surface area contributed by atoms with E-state index < -0.39 is 0 Å². The number of ether oxygens (including phenoxy) is 1. The normalized spacial score (nSPS) is 66.3. The summed E-state index contributed by atoms with van der Waals surface area (Å²) in [4.78, 5) is 24.3. The molecular formula is C14H15NO3. The third-order valence-corrected chi connectivity index (χ3v) is 7.48. The molecule has 7 aliphatic carbocycles. The van der Waals surface area contributed by atoms with Gasteiger partial charge in [0.2, 0.25) is 5.91 Å². The second-order valence-corrected chi connectivity index (χ2v) is 7.26. The molecule has 4 heteroatoms. The lowest BCUT2D eigenvalue weighted by Gasteiger charge is -3.09. The highest BCUT2D eigenvalue weighted by atomic mass is 16.5. The SMILES string of the molecule is COC(=O)C12C3C4C1C1C2C3C41C(=O)NC1CC1. The number of carbonyl (C=O) groups is 2. The lowest BCUT2D eigenvalue weighted by atomic mass is 8.92. The van der Waals surface area contributed by atoms with Gasteiger partial charge in [0.15, 0.2) is 0 Å². The van der Waals surface area contributed by atoms with E-state index >= 15 is 0 Å². The summed E-state index contributed by atoms with van der Waals surface area (Å²) in [6, 6.07) is 0.465. The minimum Gasteiger partial charge on any atom is -0.469 e. The lowest BCUT2D eigenvalue weighted by molar-refractivity contribution is -0.626. The summed E-state index contributed by atoms with van der Waals surface area (Å²) in [7, 11) is 1.50. The van der Waals surface area contributed by atoms with Gasteiger partial charge in [0.05, 0.1) is 17.9 Å². The van der Waals surface area contributed by atoms with Gasteiger partial charge in [0, 0.05) is 6.04 Å². The first-order valence-corrected chi connectivity index (χ1v) is 7.11. The van der Waals surface area contributed by atoms with Crippen LogP contribution in [0.1, 0.15) is 12.8 Å². The largest absolute Gasteiger partial charge is 0.469 e. The first kappa shape index (κ1) is 8.94. The van der Waals surface area contributed by atoms with E-state index in [0.717, 1.165) is 12.8 Å². The molecule has 0 bridgehead atoms. The summed E-state index contributed by atoms with van der Waals surface area (Å²) in [6.45, 7) is 0. The Hall–Kier alpha value is -1.06. The number of amides is 1. The van der Waals surface area contributed by atoms with Crippen LogP contribution in [0.3, 0.4) is 0 Å². The Balaban J connectivity index is 1.33. The van der Waals surface area contributed by atoms with Crippen LogP contribution in [0.2, 0.25) is 0 Å². The van der Waals surface area contributed by atoms with Crippen molar-refractivity contribution >= 4 is 11.9 Å². The van der Waals surface area contributed by atoms with Gasteiger partial charge in [-0.25, -0.2) is 0 Å². The zero-order valence-corrected chi connectivity index (χ0v) is 10.2. The average molecular weight is 245 g/mol. The van der Waals surface area contributed by atoms with Gasteiger partial charge >= 0.3 is 5.97 Å². The molecule has 1 amide bonds. The van der Waals surface area contributed by atoms with Crippen molar-refractivity contribution in [3.63, 3.8) is 0 Å². The smallest absolute Gasteiger partial charge is 0.312 e. The molecule has 7 saturated carbocycles. The predicted octanol–water partition coefficient (Wildman–Crippen LogP) is 0.176. The Morgan fingerprint density at radius 2 is 1.50 bits per heavy atom. The molecule has 18 heavy (non-hydrogen) atoms. The maximum Gasteiger partial charge on any atom is 0.312 e. The van der Waals surface area contributed by atoms with Crippen molar-refractivity contribution in [3.8, 4) is 0 Å². The van der Waals surface area contributed by atoms with Crippen LogP contribution in [-0.4, -0.2) is 25.0 Å². The van der Waals surface area contributed by atoms with Crippen molar-refractivity contribution in [1.82, 2.24) is 5.32 Å². The monoisotopic (exact) mass is 245 g/mol. The summed E-state index contributed by atoms with van der Waals surface area (Å²) in [5, 5.41) is 3.19. The van der Waals surface area contributed by atoms with Gasteiger partial charge in [-0.15, -0.1) is 0 Å². The fourth-order valence-electron chi connectivity index (χ4n) is 7.10. The number of rotatable bonds is 3. The topological polar surface area (TPSA) is 55.4 Å². The summed E-state index contributed by atoms with van der Waals surface area (Å²) in [6.07, 6.45) is 2.31. The summed E-state index contributed by atoms with van der Waals surface area (Å²) >= 11 is 0. The van der Waals surface area contributed by atoms with E-state index in [4.69, 9.17) is 4.74 Å². The van der Waals surface area contributed by atoms with E-state index in [0.29, 0.717) is 47.5 Å². The summed E-state index contributed by atoms with van der Waals surface area (Å²) < 4.78 is 4.99. The van der Waals surface area contributed by atoms with Crippen LogP contribution in [0.25, 0.3) is 0 Å². The Bertz CT molecular complexity index is 496. The van der Waals surface area contributed by atoms with E-state index in [2.05, 4.69) is 5.32 Å². The van der Waals surface area contributed by atoms with Crippen LogP contribution in [0.4, 0.5) is 0 Å². The average Bonchev–Trinajstić information content (AvgIpc) is 3.21. The van der Waals surface area contributed by atoms with E-state index in [-0.39, 0.29) is 16.8 Å². The fraction of sp³-hybridized carbons (Fsp3) is 0.857. The number of hydrogen-bond acceptors (Lipinski definition) is 3. The molecule has 0 unspecified atom stereocenters. The quantitative estimate of drug-likeness (QED) is 0.721. The van der Waals surface area contributed by atoms with Gasteiger partial charge in [-0.05, 0) is 48.3 Å². The molecule has 0 spiro atoms. The molecule has 7 rings (SSSR count). The zero-order chi connectivity index (χ0) is 12.0. The third kappa shape index (κ3) is 0.454. The molecule has 0 heterocycles. The van der Waals surface area contributed by atoms with Crippen LogP contribution in [-0.2, 0) is 14.3 Å². The number of carbonyl (C=O) groups excluding carboxylic acids is 2. The molecule has 7 fully saturated rings. The van der Waals surface area contributed by atoms with Crippen molar-refractivity contribution < 1.29 is 14.3 Å². The maximum absolute atomic E-state index is 12.4. The maximum atomic E-state index is 12.4. The van der Waals surface area contributed by atoms with E-state index in [1.54, 1.807) is 0 Å². The van der Waals surface area contributed by atoms with E-state index in [1.165, 1.54) is 7.11 Å². The molecule has 0 atom stereocenters. The van der Waals surface area contributed by atoms with Gasteiger partial charge < -0.3 is 10.1 Å². The number of methoxy groups -OCH3 is 1. The second kappa shape index (κ2) is 2.02. The van der Waals surface area contributed by atoms with Gasteiger partial charge in [-0.1, -0.05) is 0 Å². The van der Waals surface area contributed by atoms with Crippen LogP contribution >= 0.6 is 0 Å². The lowest BCUT2D eigenvalue weighted by Crippen LogP contribution is -3.12. The third-order valence-electron chi connectivity index (χ3n) is 7.48. The van der Waals surface area contributed by atoms with Crippen LogP contribution in [0.5, 0.6) is 0 Å². The molecule has 0 saturated heterocycles. The van der Waals surface area contributed by atoms with Gasteiger partial charge in [-0.2, -0.15) is 0 Å². The summed E-state index contributed by atoms with van der Waals surface area (Å²) in [5.74, 6) is 3.48. The Morgan fingerprint density at radius 1 is 1.00 bits per heavy atom. The minimum absolute atomic E-state index is 0.00163. The zero-order valence-electron chi connectivity index (χ0n) is 10.2. The highest BCUT2D eigenvalue weighted by Gasteiger charge is 3.13. The molecule has 0 aromatic carbocycles. The van der Waals surface area contributed by atoms with Gasteiger partial charge in [0.25, 0.3) is 0 Å². The second-order valence-electron chi connectivity index (χ2n) is 7.26. The molecular weight excluding hydrogens is 230 g/mol. The first-order chi connectivity index (χ1) is 8.71. The van der Waals surface area contributed by atoms with Crippen molar-refractivity contribution in [2.24, 2.45) is 46.3 Å². The predicted molar refractivity (Wildman–Crippen MR) is 59.0 cm³/mol. The molecule has 7 aliphatic rings. The number of nitrogens with one attached hydrogen (secondary N) is 1. The van der Waals surface area contributed by atoms with Gasteiger partial charge in [-0.3, -0.25) is 9.59 Å². The van der Waals surface area contributed by atoms with Crippen molar-refractivity contribution in [2.45, 2.75) is 18.9 Å². The van der Waals surface area contributed by atoms with E-state index in [9.17, 15) is 9.59 Å². The molecule has 0 radical (unpaired) electrons. The highest BCUT2D eigenvalue weighted by Crippen LogP contribution is 3.10. The number of esters is 1. The van der Waals surface area contributed by atoms with Crippen molar-refractivity contribution in [2.75, 3.05) is 7.11 Å². The van der Waals surface area contributed by atoms with Crippen LogP contribution < -0.4 is 5.32 Å². The first-order valence-electron chi connectivity index (χ1n) is 7.11. The van der Waals surface area contributed by atoms with Crippen molar-refractivity contribution in [3.05, 3.63) is 0 Å². The summed E-state index contributed by atoms with van der Waals surface area (Å²) in [5.41, 5.74) is -0.102. The number of hydrogen-bond donors (Lipinski definition) is 1.